The zero-order chi connectivity index (χ0) is 14.5. The molecule has 110 valence electrons. The van der Waals surface area contributed by atoms with E-state index in [-0.39, 0.29) is 23.3 Å². The van der Waals surface area contributed by atoms with Crippen LogP contribution in [-0.2, 0) is 12.5 Å². The molecule has 0 spiro atoms. The summed E-state index contributed by atoms with van der Waals surface area (Å²) >= 11 is 0. The Balaban J connectivity index is 0.00000161. The van der Waals surface area contributed by atoms with E-state index in [1.54, 1.807) is 0 Å². The van der Waals surface area contributed by atoms with E-state index in [4.69, 9.17) is 4.42 Å². The highest BCUT2D eigenvalue weighted by atomic mass is 35.5. The van der Waals surface area contributed by atoms with Gasteiger partial charge in [-0.05, 0) is 29.2 Å². The SMILES string of the molecule is C[n+]1cccc2oc3ccc(C(C)(C)C)cc3c(=O)c21.[Cl-]. The molecule has 0 N–H and O–H groups in total. The van der Waals surface area contributed by atoms with E-state index in [0.717, 1.165) is 5.56 Å². The van der Waals surface area contributed by atoms with Crippen LogP contribution < -0.4 is 22.4 Å². The predicted octanol–water partition coefficient (Wildman–Crippen LogP) is 0.0722. The number of benzene rings is 1. The molecule has 0 unspecified atom stereocenters. The van der Waals surface area contributed by atoms with Crippen molar-refractivity contribution in [2.75, 3.05) is 0 Å². The van der Waals surface area contributed by atoms with E-state index in [9.17, 15) is 4.79 Å². The molecule has 3 aromatic rings. The number of aromatic nitrogens is 1. The second-order valence-corrected chi connectivity index (χ2v) is 6.22. The summed E-state index contributed by atoms with van der Waals surface area (Å²) in [6, 6.07) is 9.58. The van der Waals surface area contributed by atoms with Gasteiger partial charge in [0, 0.05) is 6.07 Å². The number of aryl methyl sites for hydroxylation is 1. The Hall–Kier alpha value is -1.87. The summed E-state index contributed by atoms with van der Waals surface area (Å²) in [6.45, 7) is 6.41. The molecule has 0 fully saturated rings. The van der Waals surface area contributed by atoms with Crippen LogP contribution in [0.2, 0.25) is 0 Å². The molecule has 0 aliphatic heterocycles. The van der Waals surface area contributed by atoms with E-state index in [1.165, 1.54) is 0 Å². The normalized spacial score (nSPS) is 11.6. The standard InChI is InChI=1S/C17H18NO2.ClH/c1-17(2,3)11-7-8-13-12(10-11)16(19)15-14(20-13)6-5-9-18(15)4;/h5-10H,1-4H3;1H/q+1;/p-1. The molecule has 3 rings (SSSR count). The first-order valence-electron chi connectivity index (χ1n) is 6.73. The van der Waals surface area contributed by atoms with Crippen LogP contribution in [0.5, 0.6) is 0 Å². The van der Waals surface area contributed by atoms with E-state index in [1.807, 2.05) is 48.1 Å². The molecule has 2 aromatic heterocycles. The maximum atomic E-state index is 12.7. The van der Waals surface area contributed by atoms with Crippen molar-refractivity contribution in [3.63, 3.8) is 0 Å². The van der Waals surface area contributed by atoms with E-state index < -0.39 is 0 Å². The number of hydrogen-bond donors (Lipinski definition) is 0. The number of nitrogens with zero attached hydrogens (tertiary/aromatic N) is 1. The van der Waals surface area contributed by atoms with Gasteiger partial charge < -0.3 is 16.8 Å². The van der Waals surface area contributed by atoms with Crippen LogP contribution in [0, 0.1) is 0 Å². The van der Waals surface area contributed by atoms with Crippen LogP contribution in [-0.4, -0.2) is 0 Å². The fraction of sp³-hybridized carbons (Fsp3) is 0.294. The Bertz CT molecular complexity index is 875. The molecule has 1 aromatic carbocycles. The van der Waals surface area contributed by atoms with Gasteiger partial charge in [-0.15, -0.1) is 0 Å². The Kier molecular flexibility index (Phi) is 3.81. The molecule has 2 heterocycles. The summed E-state index contributed by atoms with van der Waals surface area (Å²) in [6.07, 6.45) is 1.86. The Morgan fingerprint density at radius 1 is 1.10 bits per heavy atom. The smallest absolute Gasteiger partial charge is 0.296 e. The van der Waals surface area contributed by atoms with Gasteiger partial charge >= 0.3 is 0 Å². The van der Waals surface area contributed by atoms with E-state index in [0.29, 0.717) is 22.1 Å². The van der Waals surface area contributed by atoms with Gasteiger partial charge in [0.15, 0.2) is 6.20 Å². The monoisotopic (exact) mass is 303 g/mol. The third-order valence-corrected chi connectivity index (χ3v) is 3.67. The van der Waals surface area contributed by atoms with Crippen LogP contribution in [0.15, 0.2) is 45.7 Å². The van der Waals surface area contributed by atoms with Gasteiger partial charge in [0.1, 0.15) is 12.6 Å². The first kappa shape index (κ1) is 15.5. The van der Waals surface area contributed by atoms with Crippen LogP contribution in [0.1, 0.15) is 26.3 Å². The molecule has 0 amide bonds. The topological polar surface area (TPSA) is 34.1 Å². The summed E-state index contributed by atoms with van der Waals surface area (Å²) in [4.78, 5) is 12.7. The van der Waals surface area contributed by atoms with Gasteiger partial charge in [0.2, 0.25) is 5.58 Å². The van der Waals surface area contributed by atoms with Crippen LogP contribution in [0.4, 0.5) is 0 Å². The highest BCUT2D eigenvalue weighted by Gasteiger charge is 2.19. The van der Waals surface area contributed by atoms with Crippen molar-refractivity contribution in [3.8, 4) is 0 Å². The molecule has 0 aliphatic rings. The van der Waals surface area contributed by atoms with Crippen LogP contribution >= 0.6 is 0 Å². The highest BCUT2D eigenvalue weighted by Crippen LogP contribution is 2.25. The lowest BCUT2D eigenvalue weighted by Crippen LogP contribution is -3.00. The number of fused-ring (bicyclic) bond motifs is 2. The molecule has 0 atom stereocenters. The van der Waals surface area contributed by atoms with Gasteiger partial charge in [-0.1, -0.05) is 26.8 Å². The summed E-state index contributed by atoms with van der Waals surface area (Å²) in [7, 11) is 1.86. The molecule has 0 radical (unpaired) electrons. The summed E-state index contributed by atoms with van der Waals surface area (Å²) in [5.41, 5.74) is 3.03. The quantitative estimate of drug-likeness (QED) is 0.435. The van der Waals surface area contributed by atoms with Crippen LogP contribution in [0.3, 0.4) is 0 Å². The zero-order valence-corrected chi connectivity index (χ0v) is 13.4. The molecule has 0 saturated heterocycles. The summed E-state index contributed by atoms with van der Waals surface area (Å²) in [5.74, 6) is 0. The van der Waals surface area contributed by atoms with Crippen molar-refractivity contribution >= 4 is 22.1 Å². The molecule has 21 heavy (non-hydrogen) atoms. The third kappa shape index (κ3) is 2.54. The second-order valence-electron chi connectivity index (χ2n) is 6.22. The average Bonchev–Trinajstić information content (AvgIpc) is 2.37. The molecule has 0 bridgehead atoms. The average molecular weight is 304 g/mol. The summed E-state index contributed by atoms with van der Waals surface area (Å²) < 4.78 is 7.66. The lowest BCUT2D eigenvalue weighted by atomic mass is 9.86. The van der Waals surface area contributed by atoms with Crippen LogP contribution in [0.25, 0.3) is 22.1 Å². The van der Waals surface area contributed by atoms with Crippen molar-refractivity contribution in [2.45, 2.75) is 26.2 Å². The van der Waals surface area contributed by atoms with Crippen molar-refractivity contribution in [3.05, 3.63) is 52.3 Å². The van der Waals surface area contributed by atoms with E-state index in [2.05, 4.69) is 20.8 Å². The van der Waals surface area contributed by atoms with Gasteiger partial charge in [0.05, 0.1) is 5.39 Å². The highest BCUT2D eigenvalue weighted by molar-refractivity contribution is 5.86. The second kappa shape index (κ2) is 5.15. The van der Waals surface area contributed by atoms with Gasteiger partial charge in [-0.25, -0.2) is 0 Å². The molecule has 0 saturated carbocycles. The number of rotatable bonds is 0. The minimum Gasteiger partial charge on any atom is -1.00 e. The molecular formula is C17H18ClNO2. The van der Waals surface area contributed by atoms with Crippen molar-refractivity contribution in [1.29, 1.82) is 0 Å². The minimum atomic E-state index is 0. The fourth-order valence-corrected chi connectivity index (χ4v) is 2.45. The Labute approximate surface area is 129 Å². The fourth-order valence-electron chi connectivity index (χ4n) is 2.45. The van der Waals surface area contributed by atoms with Gasteiger partial charge in [-0.2, -0.15) is 4.57 Å². The molecule has 0 aliphatic carbocycles. The third-order valence-electron chi connectivity index (χ3n) is 3.67. The number of pyridine rings is 1. The first-order chi connectivity index (χ1) is 9.38. The number of hydrogen-bond acceptors (Lipinski definition) is 2. The largest absolute Gasteiger partial charge is 1.00 e. The zero-order valence-electron chi connectivity index (χ0n) is 12.6. The van der Waals surface area contributed by atoms with E-state index >= 15 is 0 Å². The molecular weight excluding hydrogens is 286 g/mol. The first-order valence-corrected chi connectivity index (χ1v) is 6.73. The van der Waals surface area contributed by atoms with Gasteiger partial charge in [-0.3, -0.25) is 4.79 Å². The summed E-state index contributed by atoms with van der Waals surface area (Å²) in [5, 5.41) is 0.645. The maximum Gasteiger partial charge on any atom is 0.296 e. The Morgan fingerprint density at radius 3 is 2.48 bits per heavy atom. The minimum absolute atomic E-state index is 0. The van der Waals surface area contributed by atoms with Gasteiger partial charge in [0.25, 0.3) is 10.9 Å². The van der Waals surface area contributed by atoms with Crippen molar-refractivity contribution < 1.29 is 21.4 Å². The van der Waals surface area contributed by atoms with Crippen molar-refractivity contribution in [1.82, 2.24) is 0 Å². The maximum absolute atomic E-state index is 12.7. The molecule has 3 nitrogen and oxygen atoms in total. The van der Waals surface area contributed by atoms with Crippen molar-refractivity contribution in [2.24, 2.45) is 7.05 Å². The Morgan fingerprint density at radius 2 is 1.81 bits per heavy atom. The number of halogens is 1. The predicted molar refractivity (Wildman–Crippen MR) is 79.9 cm³/mol. The molecule has 4 heteroatoms. The lowest BCUT2D eigenvalue weighted by Gasteiger charge is -2.18. The lowest BCUT2D eigenvalue weighted by molar-refractivity contribution is -0.645.